The first-order valence-electron chi connectivity index (χ1n) is 4.41. The van der Waals surface area contributed by atoms with E-state index in [1.807, 2.05) is 0 Å². The molecule has 0 saturated carbocycles. The molecule has 5 atom stereocenters. The predicted octanol–water partition coefficient (Wildman–Crippen LogP) is -2.81. The van der Waals surface area contributed by atoms with E-state index in [0.29, 0.717) is 0 Å². The molecule has 6 heteroatoms. The molecule has 86 valence electrons. The lowest BCUT2D eigenvalue weighted by Gasteiger charge is -2.25. The van der Waals surface area contributed by atoms with E-state index in [4.69, 9.17) is 20.4 Å². The zero-order chi connectivity index (χ0) is 11.3. The number of hydrogen-bond donors (Lipinski definition) is 6. The predicted molar refractivity (Wildman–Crippen MR) is 47.4 cm³/mol. The Balaban J connectivity index is 4.04. The minimum absolute atomic E-state index is 0.262. The van der Waals surface area contributed by atoms with E-state index in [9.17, 15) is 10.2 Å². The van der Waals surface area contributed by atoms with Crippen molar-refractivity contribution in [2.75, 3.05) is 6.61 Å². The fourth-order valence-corrected chi connectivity index (χ4v) is 1.01. The summed E-state index contributed by atoms with van der Waals surface area (Å²) in [6.07, 6.45) is -7.00. The van der Waals surface area contributed by atoms with Gasteiger partial charge in [-0.05, 0) is 6.92 Å². The molecule has 6 N–H and O–H groups in total. The van der Waals surface area contributed by atoms with Gasteiger partial charge in [0.05, 0.1) is 24.9 Å². The van der Waals surface area contributed by atoms with E-state index in [1.165, 1.54) is 6.92 Å². The number of aliphatic hydroxyl groups is 6. The highest BCUT2D eigenvalue weighted by molar-refractivity contribution is 4.80. The Labute approximate surface area is 82.1 Å². The lowest BCUT2D eigenvalue weighted by atomic mass is 10.00. The van der Waals surface area contributed by atoms with Crippen molar-refractivity contribution in [3.8, 4) is 0 Å². The minimum Gasteiger partial charge on any atom is -0.394 e. The van der Waals surface area contributed by atoms with E-state index in [0.717, 1.165) is 0 Å². The van der Waals surface area contributed by atoms with Crippen molar-refractivity contribution in [2.24, 2.45) is 0 Å². The van der Waals surface area contributed by atoms with Gasteiger partial charge in [0.1, 0.15) is 12.2 Å². The summed E-state index contributed by atoms with van der Waals surface area (Å²) in [5, 5.41) is 53.9. The largest absolute Gasteiger partial charge is 0.394 e. The highest BCUT2D eigenvalue weighted by atomic mass is 16.4. The first-order chi connectivity index (χ1) is 6.40. The molecule has 0 radical (unpaired) electrons. The molecule has 5 unspecified atom stereocenters. The molecular formula is C8H18O6. The van der Waals surface area contributed by atoms with Crippen molar-refractivity contribution in [3.63, 3.8) is 0 Å². The molecule has 0 rings (SSSR count). The Morgan fingerprint density at radius 3 is 1.79 bits per heavy atom. The summed E-state index contributed by atoms with van der Waals surface area (Å²) in [6, 6.07) is 0. The lowest BCUT2D eigenvalue weighted by molar-refractivity contribution is -0.110. The van der Waals surface area contributed by atoms with Crippen LogP contribution in [0.2, 0.25) is 0 Å². The maximum Gasteiger partial charge on any atom is 0.108 e. The second-order valence-corrected chi connectivity index (χ2v) is 3.36. The molecule has 14 heavy (non-hydrogen) atoms. The second-order valence-electron chi connectivity index (χ2n) is 3.36. The highest BCUT2D eigenvalue weighted by Crippen LogP contribution is 2.09. The molecule has 0 aliphatic heterocycles. The summed E-state index contributed by atoms with van der Waals surface area (Å²) in [5.41, 5.74) is 0. The summed E-state index contributed by atoms with van der Waals surface area (Å²) >= 11 is 0. The average Bonchev–Trinajstić information content (AvgIpc) is 2.14. The van der Waals surface area contributed by atoms with Gasteiger partial charge in [0.25, 0.3) is 0 Å². The summed E-state index contributed by atoms with van der Waals surface area (Å²) in [4.78, 5) is 0. The molecule has 0 fully saturated rings. The van der Waals surface area contributed by atoms with E-state index in [1.54, 1.807) is 0 Å². The molecular weight excluding hydrogens is 192 g/mol. The fourth-order valence-electron chi connectivity index (χ4n) is 1.01. The van der Waals surface area contributed by atoms with Crippen LogP contribution in [0.15, 0.2) is 0 Å². The van der Waals surface area contributed by atoms with Crippen LogP contribution in [0, 0.1) is 0 Å². The van der Waals surface area contributed by atoms with Crippen LogP contribution in [0.3, 0.4) is 0 Å². The zero-order valence-electron chi connectivity index (χ0n) is 7.98. The minimum atomic E-state index is -1.55. The Hall–Kier alpha value is -0.240. The smallest absolute Gasteiger partial charge is 0.108 e. The zero-order valence-corrected chi connectivity index (χ0v) is 7.98. The van der Waals surface area contributed by atoms with E-state index in [-0.39, 0.29) is 6.42 Å². The maximum atomic E-state index is 9.25. The second kappa shape index (κ2) is 6.28. The summed E-state index contributed by atoms with van der Waals surface area (Å²) in [7, 11) is 0. The summed E-state index contributed by atoms with van der Waals surface area (Å²) < 4.78 is 0. The average molecular weight is 210 g/mol. The van der Waals surface area contributed by atoms with Gasteiger partial charge < -0.3 is 30.6 Å². The van der Waals surface area contributed by atoms with Crippen LogP contribution in [0.1, 0.15) is 13.3 Å². The number of hydrogen-bond acceptors (Lipinski definition) is 6. The molecule has 0 aliphatic rings. The lowest BCUT2D eigenvalue weighted by Crippen LogP contribution is -2.44. The molecule has 0 saturated heterocycles. The Morgan fingerprint density at radius 2 is 1.43 bits per heavy atom. The fraction of sp³-hybridized carbons (Fsp3) is 1.00. The topological polar surface area (TPSA) is 121 Å². The molecule has 0 aromatic rings. The third kappa shape index (κ3) is 4.32. The van der Waals surface area contributed by atoms with Crippen LogP contribution in [0.25, 0.3) is 0 Å². The van der Waals surface area contributed by atoms with Crippen molar-refractivity contribution in [1.29, 1.82) is 0 Å². The summed E-state index contributed by atoms with van der Waals surface area (Å²) in [5.74, 6) is 0. The van der Waals surface area contributed by atoms with Crippen LogP contribution in [0.4, 0.5) is 0 Å². The van der Waals surface area contributed by atoms with E-state index < -0.39 is 37.1 Å². The first-order valence-corrected chi connectivity index (χ1v) is 4.41. The van der Waals surface area contributed by atoms with Gasteiger partial charge in [-0.1, -0.05) is 0 Å². The van der Waals surface area contributed by atoms with Gasteiger partial charge in [-0.15, -0.1) is 0 Å². The molecule has 0 aromatic carbocycles. The monoisotopic (exact) mass is 210 g/mol. The highest BCUT2D eigenvalue weighted by Gasteiger charge is 2.29. The van der Waals surface area contributed by atoms with Crippen molar-refractivity contribution in [1.82, 2.24) is 0 Å². The van der Waals surface area contributed by atoms with Gasteiger partial charge in [-0.3, -0.25) is 0 Å². The van der Waals surface area contributed by atoms with Crippen LogP contribution in [0.5, 0.6) is 0 Å². The third-order valence-corrected chi connectivity index (χ3v) is 1.96. The van der Waals surface area contributed by atoms with Gasteiger partial charge in [-0.25, -0.2) is 0 Å². The number of rotatable bonds is 6. The Kier molecular flexibility index (Phi) is 6.17. The van der Waals surface area contributed by atoms with Gasteiger partial charge in [-0.2, -0.15) is 0 Å². The molecule has 0 aromatic heterocycles. The third-order valence-electron chi connectivity index (χ3n) is 1.96. The SMILES string of the molecule is CC(O)C(O)C(O)C(O)CC(O)CO. The molecule has 0 aliphatic carbocycles. The van der Waals surface area contributed by atoms with Crippen LogP contribution in [-0.2, 0) is 0 Å². The van der Waals surface area contributed by atoms with Gasteiger partial charge in [0.15, 0.2) is 0 Å². The van der Waals surface area contributed by atoms with Crippen LogP contribution < -0.4 is 0 Å². The molecule has 0 heterocycles. The van der Waals surface area contributed by atoms with Crippen molar-refractivity contribution >= 4 is 0 Å². The van der Waals surface area contributed by atoms with Gasteiger partial charge >= 0.3 is 0 Å². The van der Waals surface area contributed by atoms with Crippen molar-refractivity contribution in [3.05, 3.63) is 0 Å². The summed E-state index contributed by atoms with van der Waals surface area (Å²) in [6.45, 7) is 0.734. The number of aliphatic hydroxyl groups excluding tert-OH is 6. The normalized spacial score (nSPS) is 22.5. The maximum absolute atomic E-state index is 9.25. The van der Waals surface area contributed by atoms with Gasteiger partial charge in [0.2, 0.25) is 0 Å². The van der Waals surface area contributed by atoms with E-state index in [2.05, 4.69) is 0 Å². The molecule has 0 spiro atoms. The Bertz CT molecular complexity index is 151. The molecule has 0 amide bonds. The van der Waals surface area contributed by atoms with Crippen LogP contribution in [-0.4, -0.2) is 67.8 Å². The quantitative estimate of drug-likeness (QED) is 0.281. The first kappa shape index (κ1) is 13.8. The van der Waals surface area contributed by atoms with Crippen molar-refractivity contribution < 1.29 is 30.6 Å². The van der Waals surface area contributed by atoms with Crippen LogP contribution >= 0.6 is 0 Å². The molecule has 0 bridgehead atoms. The standard InChI is InChI=1S/C8H18O6/c1-4(10)7(13)8(14)6(12)2-5(11)3-9/h4-14H,2-3H2,1H3. The molecule has 6 nitrogen and oxygen atoms in total. The Morgan fingerprint density at radius 1 is 0.929 bits per heavy atom. The van der Waals surface area contributed by atoms with E-state index >= 15 is 0 Å². The van der Waals surface area contributed by atoms with Crippen molar-refractivity contribution in [2.45, 2.75) is 43.9 Å². The van der Waals surface area contributed by atoms with Gasteiger partial charge in [0, 0.05) is 6.42 Å².